The number of nitrogens with zero attached hydrogens (tertiary/aromatic N) is 2. The van der Waals surface area contributed by atoms with Crippen molar-refractivity contribution in [1.29, 1.82) is 0 Å². The van der Waals surface area contributed by atoms with Crippen molar-refractivity contribution in [2.45, 2.75) is 25.4 Å². The van der Waals surface area contributed by atoms with E-state index in [2.05, 4.69) is 15.5 Å². The Morgan fingerprint density at radius 2 is 1.84 bits per heavy atom. The van der Waals surface area contributed by atoms with Crippen LogP contribution in [0, 0.1) is 0 Å². The first-order valence-corrected chi connectivity index (χ1v) is 10.2. The van der Waals surface area contributed by atoms with Crippen LogP contribution in [0.5, 0.6) is 17.4 Å². The van der Waals surface area contributed by atoms with E-state index in [1.54, 1.807) is 20.3 Å². The molecular formula is C23H24N4O5. The van der Waals surface area contributed by atoms with Gasteiger partial charge in [0, 0.05) is 13.0 Å². The second-order valence-electron chi connectivity index (χ2n) is 7.40. The van der Waals surface area contributed by atoms with E-state index in [0.29, 0.717) is 30.1 Å². The molecule has 1 unspecified atom stereocenters. The molecule has 0 spiro atoms. The predicted molar refractivity (Wildman–Crippen MR) is 120 cm³/mol. The van der Waals surface area contributed by atoms with Crippen molar-refractivity contribution < 1.29 is 14.6 Å². The Bertz CT molecular complexity index is 1260. The summed E-state index contributed by atoms with van der Waals surface area (Å²) < 4.78 is 11.8. The number of hydrogen-bond donors (Lipinski definition) is 3. The third kappa shape index (κ3) is 4.09. The standard InChI is InChI=1S/C23H24N4O5/c1-31-18-9-8-15(12-19(18)32-2)16-13-17(26-25-16)20-21(28)24-23(30)27(22(20)29)11-10-14-6-4-3-5-7-14/h3-9,12,16,25,29H,10-11,13H2,1-2H3,(H,24,28,30). The van der Waals surface area contributed by atoms with Gasteiger partial charge in [-0.1, -0.05) is 36.4 Å². The minimum atomic E-state index is -0.669. The zero-order valence-electron chi connectivity index (χ0n) is 17.8. The molecule has 9 heteroatoms. The molecule has 166 valence electrons. The average molecular weight is 436 g/mol. The number of aromatic amines is 1. The quantitative estimate of drug-likeness (QED) is 0.521. The van der Waals surface area contributed by atoms with Crippen molar-refractivity contribution in [2.75, 3.05) is 14.2 Å². The van der Waals surface area contributed by atoms with E-state index in [9.17, 15) is 14.7 Å². The molecule has 2 aromatic carbocycles. The van der Waals surface area contributed by atoms with E-state index < -0.39 is 11.2 Å². The highest BCUT2D eigenvalue weighted by atomic mass is 16.5. The number of benzene rings is 2. The molecule has 32 heavy (non-hydrogen) atoms. The number of hydrogen-bond acceptors (Lipinski definition) is 7. The first kappa shape index (κ1) is 21.2. The Kier molecular flexibility index (Phi) is 5.98. The second-order valence-corrected chi connectivity index (χ2v) is 7.40. The summed E-state index contributed by atoms with van der Waals surface area (Å²) >= 11 is 0. The van der Waals surface area contributed by atoms with Gasteiger partial charge in [0.1, 0.15) is 5.56 Å². The van der Waals surface area contributed by atoms with Crippen molar-refractivity contribution in [3.05, 3.63) is 86.1 Å². The third-order valence-corrected chi connectivity index (χ3v) is 5.49. The van der Waals surface area contributed by atoms with Gasteiger partial charge in [-0.25, -0.2) is 4.79 Å². The summed E-state index contributed by atoms with van der Waals surface area (Å²) in [4.78, 5) is 27.2. The van der Waals surface area contributed by atoms with E-state index >= 15 is 0 Å². The van der Waals surface area contributed by atoms with Gasteiger partial charge >= 0.3 is 5.69 Å². The predicted octanol–water partition coefficient (Wildman–Crippen LogP) is 1.94. The summed E-state index contributed by atoms with van der Waals surface area (Å²) in [5.41, 5.74) is 3.93. The molecule has 0 fully saturated rings. The molecule has 1 atom stereocenters. The number of aryl methyl sites for hydroxylation is 1. The Hall–Kier alpha value is -4.01. The Labute approximate surface area is 184 Å². The molecule has 0 saturated heterocycles. The van der Waals surface area contributed by atoms with Crippen molar-refractivity contribution in [3.63, 3.8) is 0 Å². The summed E-state index contributed by atoms with van der Waals surface area (Å²) in [6.45, 7) is 0.221. The Morgan fingerprint density at radius 3 is 2.56 bits per heavy atom. The summed E-state index contributed by atoms with van der Waals surface area (Å²) in [5, 5.41) is 15.1. The monoisotopic (exact) mass is 436 g/mol. The van der Waals surface area contributed by atoms with Crippen LogP contribution in [0.25, 0.3) is 0 Å². The molecule has 0 radical (unpaired) electrons. The van der Waals surface area contributed by atoms with Gasteiger partial charge in [-0.3, -0.25) is 14.3 Å². The van der Waals surface area contributed by atoms with Crippen LogP contribution in [0.15, 0.2) is 63.2 Å². The number of H-pyrrole nitrogens is 1. The number of aromatic nitrogens is 2. The van der Waals surface area contributed by atoms with Gasteiger partial charge in [0.25, 0.3) is 5.56 Å². The Morgan fingerprint density at radius 1 is 1.09 bits per heavy atom. The highest BCUT2D eigenvalue weighted by Gasteiger charge is 2.27. The first-order chi connectivity index (χ1) is 15.5. The largest absolute Gasteiger partial charge is 0.494 e. The fourth-order valence-corrected chi connectivity index (χ4v) is 3.77. The van der Waals surface area contributed by atoms with Crippen LogP contribution < -0.4 is 26.1 Å². The minimum absolute atomic E-state index is 0.00635. The maximum absolute atomic E-state index is 12.5. The molecule has 4 rings (SSSR count). The van der Waals surface area contributed by atoms with Crippen LogP contribution in [0.1, 0.15) is 29.2 Å². The molecular weight excluding hydrogens is 412 g/mol. The molecule has 2 heterocycles. The number of nitrogens with one attached hydrogen (secondary N) is 2. The van der Waals surface area contributed by atoms with Crippen LogP contribution in [0.3, 0.4) is 0 Å². The fraction of sp³-hybridized carbons (Fsp3) is 0.261. The fourth-order valence-electron chi connectivity index (χ4n) is 3.77. The van der Waals surface area contributed by atoms with Crippen molar-refractivity contribution in [1.82, 2.24) is 15.0 Å². The second kappa shape index (κ2) is 9.01. The zero-order valence-corrected chi connectivity index (χ0v) is 17.8. The van der Waals surface area contributed by atoms with Crippen molar-refractivity contribution in [2.24, 2.45) is 5.10 Å². The number of hydrazone groups is 1. The highest BCUT2D eigenvalue weighted by molar-refractivity contribution is 6.03. The first-order valence-electron chi connectivity index (χ1n) is 10.2. The number of aromatic hydroxyl groups is 1. The van der Waals surface area contributed by atoms with Gasteiger partial charge in [0.05, 0.1) is 26.0 Å². The van der Waals surface area contributed by atoms with Gasteiger partial charge in [-0.15, -0.1) is 0 Å². The summed E-state index contributed by atoms with van der Waals surface area (Å²) in [5.74, 6) is 0.800. The topological polar surface area (TPSA) is 118 Å². The van der Waals surface area contributed by atoms with Gasteiger partial charge in [0.15, 0.2) is 11.5 Å². The maximum Gasteiger partial charge on any atom is 0.331 e. The van der Waals surface area contributed by atoms with Crippen molar-refractivity contribution in [3.8, 4) is 17.4 Å². The van der Waals surface area contributed by atoms with E-state index in [4.69, 9.17) is 9.47 Å². The lowest BCUT2D eigenvalue weighted by atomic mass is 9.99. The summed E-state index contributed by atoms with van der Waals surface area (Å²) in [7, 11) is 3.12. The number of ether oxygens (including phenoxy) is 2. The molecule has 0 bridgehead atoms. The van der Waals surface area contributed by atoms with Gasteiger partial charge in [0.2, 0.25) is 5.88 Å². The summed E-state index contributed by atoms with van der Waals surface area (Å²) in [6, 6.07) is 14.9. The smallest absolute Gasteiger partial charge is 0.331 e. The number of rotatable bonds is 7. The third-order valence-electron chi connectivity index (χ3n) is 5.49. The van der Waals surface area contributed by atoms with E-state index in [0.717, 1.165) is 15.7 Å². The molecule has 1 aromatic heterocycles. The zero-order chi connectivity index (χ0) is 22.7. The van der Waals surface area contributed by atoms with Crippen molar-refractivity contribution >= 4 is 5.71 Å². The molecule has 3 aromatic rings. The van der Waals surface area contributed by atoms with Crippen LogP contribution in [-0.2, 0) is 13.0 Å². The SMILES string of the molecule is COc1ccc(C2CC(c3c(O)n(CCc4ccccc4)c(=O)[nH]c3=O)=NN2)cc1OC. The molecule has 0 amide bonds. The summed E-state index contributed by atoms with van der Waals surface area (Å²) in [6.07, 6.45) is 0.877. The average Bonchev–Trinajstić information content (AvgIpc) is 3.28. The molecule has 0 aliphatic carbocycles. The molecule has 0 saturated carbocycles. The van der Waals surface area contributed by atoms with Crippen LogP contribution >= 0.6 is 0 Å². The van der Waals surface area contributed by atoms with E-state index in [-0.39, 0.29) is 24.0 Å². The van der Waals surface area contributed by atoms with Crippen LogP contribution in [0.2, 0.25) is 0 Å². The number of methoxy groups -OCH3 is 2. The normalized spacial score (nSPS) is 15.2. The van der Waals surface area contributed by atoms with Crippen LogP contribution in [0.4, 0.5) is 0 Å². The lowest BCUT2D eigenvalue weighted by Gasteiger charge is -2.14. The lowest BCUT2D eigenvalue weighted by molar-refractivity contribution is 0.354. The Balaban J connectivity index is 1.59. The molecule has 9 nitrogen and oxygen atoms in total. The van der Waals surface area contributed by atoms with Crippen LogP contribution in [-0.4, -0.2) is 34.6 Å². The van der Waals surface area contributed by atoms with E-state index in [1.165, 1.54) is 0 Å². The molecule has 3 N–H and O–H groups in total. The lowest BCUT2D eigenvalue weighted by Crippen LogP contribution is -2.34. The molecule has 1 aliphatic rings. The van der Waals surface area contributed by atoms with Gasteiger partial charge < -0.3 is 20.0 Å². The minimum Gasteiger partial charge on any atom is -0.494 e. The molecule has 1 aliphatic heterocycles. The maximum atomic E-state index is 12.5. The highest BCUT2D eigenvalue weighted by Crippen LogP contribution is 2.33. The van der Waals surface area contributed by atoms with E-state index in [1.807, 2.05) is 42.5 Å². The van der Waals surface area contributed by atoms with Gasteiger partial charge in [-0.05, 0) is 29.7 Å². The van der Waals surface area contributed by atoms with Gasteiger partial charge in [-0.2, -0.15) is 5.10 Å².